The SMILES string of the molecule is C=C(CNCc1cnn(C)c1)C(=O)OCC. The molecule has 0 aliphatic carbocycles. The molecule has 0 amide bonds. The van der Waals surface area contributed by atoms with Crippen LogP contribution in [0.4, 0.5) is 0 Å². The van der Waals surface area contributed by atoms with E-state index in [0.29, 0.717) is 25.3 Å². The number of nitrogens with zero attached hydrogens (tertiary/aromatic N) is 2. The van der Waals surface area contributed by atoms with Gasteiger partial charge in [-0.3, -0.25) is 4.68 Å². The van der Waals surface area contributed by atoms with Crippen LogP contribution in [-0.4, -0.2) is 28.9 Å². The predicted octanol–water partition coefficient (Wildman–Crippen LogP) is 0.629. The third kappa shape index (κ3) is 3.86. The summed E-state index contributed by atoms with van der Waals surface area (Å²) < 4.78 is 6.55. The minimum Gasteiger partial charge on any atom is -0.463 e. The first-order valence-electron chi connectivity index (χ1n) is 5.16. The summed E-state index contributed by atoms with van der Waals surface area (Å²) in [7, 11) is 1.86. The van der Waals surface area contributed by atoms with Crippen molar-refractivity contribution in [1.29, 1.82) is 0 Å². The molecule has 0 radical (unpaired) electrons. The van der Waals surface area contributed by atoms with Crippen molar-refractivity contribution in [1.82, 2.24) is 15.1 Å². The Morgan fingerprint density at radius 3 is 3.00 bits per heavy atom. The smallest absolute Gasteiger partial charge is 0.334 e. The van der Waals surface area contributed by atoms with Crippen LogP contribution in [0.25, 0.3) is 0 Å². The van der Waals surface area contributed by atoms with Gasteiger partial charge in [-0.2, -0.15) is 5.10 Å². The Kier molecular flexibility index (Phi) is 4.72. The zero-order valence-corrected chi connectivity index (χ0v) is 9.69. The van der Waals surface area contributed by atoms with Gasteiger partial charge in [-0.15, -0.1) is 0 Å². The van der Waals surface area contributed by atoms with E-state index in [0.717, 1.165) is 5.56 Å². The van der Waals surface area contributed by atoms with Crippen molar-refractivity contribution in [2.45, 2.75) is 13.5 Å². The van der Waals surface area contributed by atoms with Gasteiger partial charge in [-0.25, -0.2) is 4.79 Å². The Morgan fingerprint density at radius 2 is 2.44 bits per heavy atom. The molecule has 5 heteroatoms. The van der Waals surface area contributed by atoms with E-state index >= 15 is 0 Å². The predicted molar refractivity (Wildman–Crippen MR) is 60.7 cm³/mol. The molecule has 0 bridgehead atoms. The van der Waals surface area contributed by atoms with Crippen molar-refractivity contribution in [3.63, 3.8) is 0 Å². The summed E-state index contributed by atoms with van der Waals surface area (Å²) >= 11 is 0. The number of carbonyl (C=O) groups is 1. The van der Waals surface area contributed by atoms with Gasteiger partial charge in [-0.05, 0) is 6.92 Å². The van der Waals surface area contributed by atoms with Gasteiger partial charge < -0.3 is 10.1 Å². The summed E-state index contributed by atoms with van der Waals surface area (Å²) in [5.74, 6) is -0.346. The van der Waals surface area contributed by atoms with Crippen molar-refractivity contribution in [2.24, 2.45) is 7.05 Å². The summed E-state index contributed by atoms with van der Waals surface area (Å²) in [5, 5.41) is 7.14. The van der Waals surface area contributed by atoms with Gasteiger partial charge in [0, 0.05) is 37.5 Å². The third-order valence-corrected chi connectivity index (χ3v) is 1.99. The fourth-order valence-corrected chi connectivity index (χ4v) is 1.23. The minimum atomic E-state index is -0.346. The zero-order chi connectivity index (χ0) is 12.0. The average Bonchev–Trinajstić information content (AvgIpc) is 2.64. The maximum Gasteiger partial charge on any atom is 0.334 e. The number of hydrogen-bond donors (Lipinski definition) is 1. The molecular weight excluding hydrogens is 206 g/mol. The van der Waals surface area contributed by atoms with Crippen molar-refractivity contribution >= 4 is 5.97 Å². The Labute approximate surface area is 95.1 Å². The van der Waals surface area contributed by atoms with E-state index in [1.165, 1.54) is 0 Å². The molecule has 1 heterocycles. The normalized spacial score (nSPS) is 10.1. The summed E-state index contributed by atoms with van der Waals surface area (Å²) in [4.78, 5) is 11.2. The molecule has 1 aromatic rings. The zero-order valence-electron chi connectivity index (χ0n) is 9.69. The molecule has 88 valence electrons. The standard InChI is InChI=1S/C11H17N3O2/c1-4-16-11(15)9(2)5-12-6-10-7-13-14(3)8-10/h7-8,12H,2,4-6H2,1,3H3. The van der Waals surface area contributed by atoms with Crippen LogP contribution >= 0.6 is 0 Å². The first-order valence-corrected chi connectivity index (χ1v) is 5.16. The lowest BCUT2D eigenvalue weighted by atomic mass is 10.3. The number of ether oxygens (including phenoxy) is 1. The van der Waals surface area contributed by atoms with E-state index in [9.17, 15) is 4.79 Å². The van der Waals surface area contributed by atoms with Crippen molar-refractivity contribution in [2.75, 3.05) is 13.2 Å². The second-order valence-electron chi connectivity index (χ2n) is 3.45. The highest BCUT2D eigenvalue weighted by atomic mass is 16.5. The molecule has 16 heavy (non-hydrogen) atoms. The molecule has 0 unspecified atom stereocenters. The lowest BCUT2D eigenvalue weighted by Crippen LogP contribution is -2.21. The summed E-state index contributed by atoms with van der Waals surface area (Å²) in [6.07, 6.45) is 3.69. The van der Waals surface area contributed by atoms with E-state index < -0.39 is 0 Å². The van der Waals surface area contributed by atoms with Gasteiger partial charge in [0.1, 0.15) is 0 Å². The van der Waals surface area contributed by atoms with Crippen LogP contribution in [0, 0.1) is 0 Å². The summed E-state index contributed by atoms with van der Waals surface area (Å²) in [6.45, 7) is 6.88. The lowest BCUT2D eigenvalue weighted by molar-refractivity contribution is -0.138. The van der Waals surface area contributed by atoms with Crippen LogP contribution < -0.4 is 5.32 Å². The van der Waals surface area contributed by atoms with E-state index in [1.54, 1.807) is 17.8 Å². The van der Waals surface area contributed by atoms with Gasteiger partial charge in [0.05, 0.1) is 12.8 Å². The number of aromatic nitrogens is 2. The number of carbonyl (C=O) groups excluding carboxylic acids is 1. The first-order chi connectivity index (χ1) is 7.63. The highest BCUT2D eigenvalue weighted by Gasteiger charge is 2.06. The van der Waals surface area contributed by atoms with Crippen molar-refractivity contribution in [3.05, 3.63) is 30.1 Å². The van der Waals surface area contributed by atoms with Crippen molar-refractivity contribution in [3.8, 4) is 0 Å². The molecule has 0 atom stereocenters. The quantitative estimate of drug-likeness (QED) is 0.567. The largest absolute Gasteiger partial charge is 0.463 e. The molecule has 5 nitrogen and oxygen atoms in total. The van der Waals surface area contributed by atoms with Gasteiger partial charge in [-0.1, -0.05) is 6.58 Å². The van der Waals surface area contributed by atoms with Gasteiger partial charge in [0.2, 0.25) is 0 Å². The number of rotatable bonds is 6. The maximum absolute atomic E-state index is 11.2. The first kappa shape index (κ1) is 12.4. The molecule has 0 aliphatic rings. The Balaban J connectivity index is 2.25. The van der Waals surface area contributed by atoms with Crippen LogP contribution in [0.1, 0.15) is 12.5 Å². The molecular formula is C11H17N3O2. The number of esters is 1. The van der Waals surface area contributed by atoms with Crippen molar-refractivity contribution < 1.29 is 9.53 Å². The molecule has 0 spiro atoms. The molecule has 0 aliphatic heterocycles. The number of nitrogens with one attached hydrogen (secondary N) is 1. The van der Waals surface area contributed by atoms with E-state index in [1.807, 2.05) is 13.2 Å². The van der Waals surface area contributed by atoms with Gasteiger partial charge in [0.15, 0.2) is 0 Å². The van der Waals surface area contributed by atoms with Crippen LogP contribution in [0.2, 0.25) is 0 Å². The molecule has 0 saturated heterocycles. The van der Waals surface area contributed by atoms with Gasteiger partial charge in [0.25, 0.3) is 0 Å². The molecule has 1 N–H and O–H groups in total. The molecule has 0 aromatic carbocycles. The third-order valence-electron chi connectivity index (χ3n) is 1.99. The summed E-state index contributed by atoms with van der Waals surface area (Å²) in [5.41, 5.74) is 1.50. The lowest BCUT2D eigenvalue weighted by Gasteiger charge is -2.05. The second kappa shape index (κ2) is 6.07. The average molecular weight is 223 g/mol. The minimum absolute atomic E-state index is 0.346. The van der Waals surface area contributed by atoms with E-state index in [-0.39, 0.29) is 5.97 Å². The monoisotopic (exact) mass is 223 g/mol. The Bertz CT molecular complexity index is 371. The molecule has 0 saturated carbocycles. The fraction of sp³-hybridized carbons (Fsp3) is 0.455. The van der Waals surface area contributed by atoms with E-state index in [2.05, 4.69) is 17.0 Å². The maximum atomic E-state index is 11.2. The molecule has 1 rings (SSSR count). The van der Waals surface area contributed by atoms with Gasteiger partial charge >= 0.3 is 5.97 Å². The Hall–Kier alpha value is -1.62. The van der Waals surface area contributed by atoms with Crippen LogP contribution in [-0.2, 0) is 23.1 Å². The highest BCUT2D eigenvalue weighted by Crippen LogP contribution is 1.97. The highest BCUT2D eigenvalue weighted by molar-refractivity contribution is 5.88. The molecule has 1 aromatic heterocycles. The van der Waals surface area contributed by atoms with E-state index in [4.69, 9.17) is 4.74 Å². The van der Waals surface area contributed by atoms with Crippen LogP contribution in [0.5, 0.6) is 0 Å². The number of aryl methyl sites for hydroxylation is 1. The molecule has 0 fully saturated rings. The second-order valence-corrected chi connectivity index (χ2v) is 3.45. The summed E-state index contributed by atoms with van der Waals surface area (Å²) in [6, 6.07) is 0. The topological polar surface area (TPSA) is 56.2 Å². The number of hydrogen-bond acceptors (Lipinski definition) is 4. The fourth-order valence-electron chi connectivity index (χ4n) is 1.23. The van der Waals surface area contributed by atoms with Crippen LogP contribution in [0.3, 0.4) is 0 Å². The van der Waals surface area contributed by atoms with Crippen LogP contribution in [0.15, 0.2) is 24.5 Å². The Morgan fingerprint density at radius 1 is 1.69 bits per heavy atom.